The van der Waals surface area contributed by atoms with Gasteiger partial charge in [-0.3, -0.25) is 0 Å². The molecule has 1 aromatic carbocycles. The molecule has 120 valence electrons. The van der Waals surface area contributed by atoms with Gasteiger partial charge in [-0.25, -0.2) is 13.1 Å². The van der Waals surface area contributed by atoms with Crippen LogP contribution in [0.25, 0.3) is 0 Å². The first kappa shape index (κ1) is 18.6. The Morgan fingerprint density at radius 1 is 1.38 bits per heavy atom. The highest BCUT2D eigenvalue weighted by molar-refractivity contribution is 9.10. The monoisotopic (exact) mass is 378 g/mol. The number of halogens is 1. The summed E-state index contributed by atoms with van der Waals surface area (Å²) in [5.41, 5.74) is 1.63. The molecule has 0 aromatic heterocycles. The Kier molecular flexibility index (Phi) is 7.29. The van der Waals surface area contributed by atoms with Gasteiger partial charge in [0, 0.05) is 24.2 Å². The number of hydrogen-bond acceptors (Lipinski definition) is 4. The van der Waals surface area contributed by atoms with Crippen LogP contribution in [0.3, 0.4) is 0 Å². The number of nitrogens with one attached hydrogen (secondary N) is 2. The van der Waals surface area contributed by atoms with Crippen molar-refractivity contribution in [3.05, 3.63) is 27.7 Å². The molecule has 21 heavy (non-hydrogen) atoms. The van der Waals surface area contributed by atoms with E-state index in [1.165, 1.54) is 0 Å². The first-order chi connectivity index (χ1) is 9.81. The Morgan fingerprint density at radius 2 is 2.05 bits per heavy atom. The molecule has 5 nitrogen and oxygen atoms in total. The van der Waals surface area contributed by atoms with E-state index < -0.39 is 10.0 Å². The van der Waals surface area contributed by atoms with Crippen LogP contribution in [-0.4, -0.2) is 34.7 Å². The number of methoxy groups -OCH3 is 1. The van der Waals surface area contributed by atoms with Crippen LogP contribution in [0.15, 0.2) is 21.5 Å². The normalized spacial score (nSPS) is 13.4. The smallest absolute Gasteiger partial charge is 0.241 e. The summed E-state index contributed by atoms with van der Waals surface area (Å²) >= 11 is 3.43. The molecule has 0 saturated heterocycles. The summed E-state index contributed by atoms with van der Waals surface area (Å²) in [4.78, 5) is 0.299. The van der Waals surface area contributed by atoms with Gasteiger partial charge in [0.15, 0.2) is 0 Å². The van der Waals surface area contributed by atoms with Crippen LogP contribution in [0, 0.1) is 6.92 Å². The van der Waals surface area contributed by atoms with E-state index in [0.717, 1.165) is 16.6 Å². The van der Waals surface area contributed by atoms with Gasteiger partial charge in [-0.2, -0.15) is 0 Å². The highest BCUT2D eigenvalue weighted by Crippen LogP contribution is 2.26. The standard InChI is InChI=1S/C14H23BrN2O3S/c1-5-16-8-12-6-13(15)11(3)14(7-12)21(18,19)17-10(2)9-20-4/h6-7,10,16-17H,5,8-9H2,1-4H3. The Balaban J connectivity index is 3.12. The Bertz CT molecular complexity index is 576. The van der Waals surface area contributed by atoms with E-state index in [-0.39, 0.29) is 6.04 Å². The van der Waals surface area contributed by atoms with Gasteiger partial charge in [-0.1, -0.05) is 22.9 Å². The summed E-state index contributed by atoms with van der Waals surface area (Å²) in [6.45, 7) is 7.36. The predicted octanol–water partition coefficient (Wildman–Crippen LogP) is 2.18. The highest BCUT2D eigenvalue weighted by atomic mass is 79.9. The van der Waals surface area contributed by atoms with Crippen molar-refractivity contribution < 1.29 is 13.2 Å². The van der Waals surface area contributed by atoms with Crippen molar-refractivity contribution in [3.63, 3.8) is 0 Å². The van der Waals surface area contributed by atoms with Crippen molar-refractivity contribution in [2.75, 3.05) is 20.3 Å². The second kappa shape index (κ2) is 8.24. The van der Waals surface area contributed by atoms with Crippen molar-refractivity contribution in [2.24, 2.45) is 0 Å². The largest absolute Gasteiger partial charge is 0.383 e. The van der Waals surface area contributed by atoms with Gasteiger partial charge in [-0.15, -0.1) is 0 Å². The number of hydrogen-bond donors (Lipinski definition) is 2. The molecule has 0 heterocycles. The average molecular weight is 379 g/mol. The Labute approximate surface area is 135 Å². The van der Waals surface area contributed by atoms with Gasteiger partial charge in [0.25, 0.3) is 0 Å². The zero-order valence-electron chi connectivity index (χ0n) is 12.9. The van der Waals surface area contributed by atoms with Crippen LogP contribution in [0.1, 0.15) is 25.0 Å². The summed E-state index contributed by atoms with van der Waals surface area (Å²) in [6.07, 6.45) is 0. The Hall–Kier alpha value is -0.470. The molecule has 0 aliphatic rings. The molecule has 0 bridgehead atoms. The third-order valence-electron chi connectivity index (χ3n) is 3.00. The van der Waals surface area contributed by atoms with Gasteiger partial charge in [0.05, 0.1) is 11.5 Å². The van der Waals surface area contributed by atoms with Crippen molar-refractivity contribution in [3.8, 4) is 0 Å². The van der Waals surface area contributed by atoms with E-state index in [9.17, 15) is 8.42 Å². The fourth-order valence-electron chi connectivity index (χ4n) is 1.97. The Morgan fingerprint density at radius 3 is 2.62 bits per heavy atom. The van der Waals surface area contributed by atoms with E-state index in [4.69, 9.17) is 4.74 Å². The average Bonchev–Trinajstić information content (AvgIpc) is 2.39. The van der Waals surface area contributed by atoms with E-state index in [1.54, 1.807) is 27.0 Å². The zero-order chi connectivity index (χ0) is 16.0. The van der Waals surface area contributed by atoms with Crippen LogP contribution in [0.2, 0.25) is 0 Å². The lowest BCUT2D eigenvalue weighted by Gasteiger charge is -2.16. The first-order valence-corrected chi connectivity index (χ1v) is 9.10. The summed E-state index contributed by atoms with van der Waals surface area (Å²) in [6, 6.07) is 3.37. The molecule has 0 saturated carbocycles. The summed E-state index contributed by atoms with van der Waals surface area (Å²) in [5, 5.41) is 3.19. The SMILES string of the molecule is CCNCc1cc(Br)c(C)c(S(=O)(=O)NC(C)COC)c1. The molecule has 1 unspecified atom stereocenters. The second-order valence-electron chi connectivity index (χ2n) is 4.96. The van der Waals surface area contributed by atoms with Crippen molar-refractivity contribution >= 4 is 26.0 Å². The van der Waals surface area contributed by atoms with Gasteiger partial charge in [0.2, 0.25) is 10.0 Å². The predicted molar refractivity (Wildman–Crippen MR) is 87.9 cm³/mol. The summed E-state index contributed by atoms with van der Waals surface area (Å²) in [5.74, 6) is 0. The molecule has 1 atom stereocenters. The molecule has 7 heteroatoms. The minimum atomic E-state index is -3.57. The van der Waals surface area contributed by atoms with Gasteiger partial charge >= 0.3 is 0 Å². The molecule has 1 aromatic rings. The molecule has 0 spiro atoms. The van der Waals surface area contributed by atoms with Gasteiger partial charge < -0.3 is 10.1 Å². The lowest BCUT2D eigenvalue weighted by Crippen LogP contribution is -2.36. The molecule has 0 aliphatic carbocycles. The van der Waals surface area contributed by atoms with E-state index in [2.05, 4.69) is 26.0 Å². The maximum atomic E-state index is 12.5. The third-order valence-corrected chi connectivity index (χ3v) is 5.54. The van der Waals surface area contributed by atoms with Crippen molar-refractivity contribution in [1.82, 2.24) is 10.0 Å². The molecular formula is C14H23BrN2O3S. The summed E-state index contributed by atoms with van der Waals surface area (Å²) < 4.78 is 33.4. The maximum absolute atomic E-state index is 12.5. The molecule has 0 amide bonds. The van der Waals surface area contributed by atoms with Crippen LogP contribution in [-0.2, 0) is 21.3 Å². The van der Waals surface area contributed by atoms with Crippen LogP contribution >= 0.6 is 15.9 Å². The van der Waals surface area contributed by atoms with Gasteiger partial charge in [0.1, 0.15) is 0 Å². The molecule has 2 N–H and O–H groups in total. The lowest BCUT2D eigenvalue weighted by molar-refractivity contribution is 0.180. The first-order valence-electron chi connectivity index (χ1n) is 6.82. The van der Waals surface area contributed by atoms with Gasteiger partial charge in [-0.05, 0) is 43.7 Å². The number of ether oxygens (including phenoxy) is 1. The fraction of sp³-hybridized carbons (Fsp3) is 0.571. The van der Waals surface area contributed by atoms with E-state index in [0.29, 0.717) is 23.6 Å². The topological polar surface area (TPSA) is 67.4 Å². The lowest BCUT2D eigenvalue weighted by atomic mass is 10.1. The fourth-order valence-corrected chi connectivity index (χ4v) is 4.15. The molecule has 0 fully saturated rings. The van der Waals surface area contributed by atoms with Crippen LogP contribution in [0.4, 0.5) is 0 Å². The molecule has 0 radical (unpaired) electrons. The van der Waals surface area contributed by atoms with Crippen molar-refractivity contribution in [2.45, 2.75) is 38.3 Å². The quantitative estimate of drug-likeness (QED) is 0.727. The number of rotatable bonds is 8. The van der Waals surface area contributed by atoms with E-state index >= 15 is 0 Å². The molecular weight excluding hydrogens is 356 g/mol. The number of sulfonamides is 1. The van der Waals surface area contributed by atoms with Crippen LogP contribution < -0.4 is 10.0 Å². The zero-order valence-corrected chi connectivity index (χ0v) is 15.3. The van der Waals surface area contributed by atoms with Crippen molar-refractivity contribution in [1.29, 1.82) is 0 Å². The highest BCUT2D eigenvalue weighted by Gasteiger charge is 2.21. The second-order valence-corrected chi connectivity index (χ2v) is 7.50. The number of benzene rings is 1. The summed E-state index contributed by atoms with van der Waals surface area (Å²) in [7, 11) is -2.02. The maximum Gasteiger partial charge on any atom is 0.241 e. The molecule has 1 rings (SSSR count). The third kappa shape index (κ3) is 5.34. The minimum Gasteiger partial charge on any atom is -0.383 e. The minimum absolute atomic E-state index is 0.282. The molecule has 0 aliphatic heterocycles. The van der Waals surface area contributed by atoms with Crippen LogP contribution in [0.5, 0.6) is 0 Å². The van der Waals surface area contributed by atoms with E-state index in [1.807, 2.05) is 13.0 Å².